The van der Waals surface area contributed by atoms with Gasteiger partial charge in [0.2, 0.25) is 11.8 Å². The van der Waals surface area contributed by atoms with Crippen molar-refractivity contribution in [3.8, 4) is 0 Å². The average molecular weight is 649 g/mol. The fourth-order valence-corrected chi connectivity index (χ4v) is 7.05. The SMILES string of the molecule is CC[C@@H](C(=O)NC1CCCCC1)N(Cc1ccc(Cl)c(Cl)c1)C(=O)CN(c1ccccc1F)S(=O)(=O)c1ccc(C)cc1. The number of rotatable bonds is 11. The number of amides is 2. The second-order valence-corrected chi connectivity index (χ2v) is 13.5. The van der Waals surface area contributed by atoms with Crippen LogP contribution in [-0.4, -0.2) is 43.8 Å². The summed E-state index contributed by atoms with van der Waals surface area (Å²) in [5, 5.41) is 3.71. The zero-order chi connectivity index (χ0) is 31.1. The van der Waals surface area contributed by atoms with Crippen LogP contribution in [0.4, 0.5) is 10.1 Å². The lowest BCUT2D eigenvalue weighted by Gasteiger charge is -2.34. The average Bonchev–Trinajstić information content (AvgIpc) is 2.98. The third kappa shape index (κ3) is 8.08. The van der Waals surface area contributed by atoms with Gasteiger partial charge in [0, 0.05) is 12.6 Å². The monoisotopic (exact) mass is 647 g/mol. The molecule has 11 heteroatoms. The molecule has 1 fully saturated rings. The van der Waals surface area contributed by atoms with E-state index in [0.29, 0.717) is 10.6 Å². The Morgan fingerprint density at radius 3 is 2.28 bits per heavy atom. The first kappa shape index (κ1) is 32.8. The van der Waals surface area contributed by atoms with Gasteiger partial charge in [-0.15, -0.1) is 0 Å². The summed E-state index contributed by atoms with van der Waals surface area (Å²) in [6.07, 6.45) is 5.14. The summed E-state index contributed by atoms with van der Waals surface area (Å²) in [4.78, 5) is 29.1. The molecule has 0 radical (unpaired) electrons. The van der Waals surface area contributed by atoms with Gasteiger partial charge in [0.15, 0.2) is 0 Å². The Hall–Kier alpha value is -3.14. The first-order valence-electron chi connectivity index (χ1n) is 14.4. The molecule has 0 aliphatic heterocycles. The molecule has 0 unspecified atom stereocenters. The summed E-state index contributed by atoms with van der Waals surface area (Å²) in [6.45, 7) is 2.84. The predicted molar refractivity (Wildman–Crippen MR) is 168 cm³/mol. The molecular formula is C32H36Cl2FN3O4S. The van der Waals surface area contributed by atoms with Crippen molar-refractivity contribution in [1.29, 1.82) is 0 Å². The van der Waals surface area contributed by atoms with Crippen molar-refractivity contribution in [2.75, 3.05) is 10.8 Å². The molecule has 7 nitrogen and oxygen atoms in total. The Balaban J connectivity index is 1.73. The molecule has 1 aliphatic rings. The zero-order valence-electron chi connectivity index (χ0n) is 24.2. The lowest BCUT2D eigenvalue weighted by atomic mass is 9.95. The van der Waals surface area contributed by atoms with Crippen LogP contribution in [0, 0.1) is 12.7 Å². The number of nitrogens with one attached hydrogen (secondary N) is 1. The highest BCUT2D eigenvalue weighted by Gasteiger charge is 2.35. The Bertz CT molecular complexity index is 1550. The maximum Gasteiger partial charge on any atom is 0.264 e. The standard InChI is InChI=1S/C32H36Cl2FN3O4S/c1-3-29(32(40)36-24-9-5-4-6-10-24)37(20-23-15-18-26(33)27(34)19-23)31(39)21-38(30-12-8-7-11-28(30)35)43(41,42)25-16-13-22(2)14-17-25/h7-8,11-19,24,29H,3-6,9-10,20-21H2,1-2H3,(H,36,40)/t29-/m0/s1. The highest BCUT2D eigenvalue weighted by molar-refractivity contribution is 7.92. The van der Waals surface area contributed by atoms with Gasteiger partial charge in [0.1, 0.15) is 18.4 Å². The number of halogens is 3. The lowest BCUT2D eigenvalue weighted by molar-refractivity contribution is -0.140. The van der Waals surface area contributed by atoms with Crippen LogP contribution in [0.5, 0.6) is 0 Å². The van der Waals surface area contributed by atoms with Gasteiger partial charge in [-0.05, 0) is 68.1 Å². The molecule has 1 saturated carbocycles. The van der Waals surface area contributed by atoms with Gasteiger partial charge in [-0.3, -0.25) is 13.9 Å². The maximum atomic E-state index is 15.1. The van der Waals surface area contributed by atoms with Crippen molar-refractivity contribution in [1.82, 2.24) is 10.2 Å². The maximum absolute atomic E-state index is 15.1. The molecule has 4 rings (SSSR count). The molecule has 3 aromatic carbocycles. The van der Waals surface area contributed by atoms with Crippen molar-refractivity contribution in [2.45, 2.75) is 75.9 Å². The highest BCUT2D eigenvalue weighted by Crippen LogP contribution is 2.28. The van der Waals surface area contributed by atoms with E-state index < -0.39 is 34.3 Å². The summed E-state index contributed by atoms with van der Waals surface area (Å²) in [5.74, 6) is -1.79. The molecule has 43 heavy (non-hydrogen) atoms. The molecule has 1 atom stereocenters. The van der Waals surface area contributed by atoms with E-state index in [0.717, 1.165) is 48.0 Å². The van der Waals surface area contributed by atoms with Gasteiger partial charge in [-0.25, -0.2) is 12.8 Å². The second kappa shape index (κ2) is 14.6. The van der Waals surface area contributed by atoms with Gasteiger partial charge < -0.3 is 10.2 Å². The van der Waals surface area contributed by atoms with E-state index in [1.165, 1.54) is 35.2 Å². The molecule has 1 N–H and O–H groups in total. The van der Waals surface area contributed by atoms with Crippen LogP contribution in [0.25, 0.3) is 0 Å². The van der Waals surface area contributed by atoms with Crippen molar-refractivity contribution < 1.29 is 22.4 Å². The van der Waals surface area contributed by atoms with E-state index in [2.05, 4.69) is 5.32 Å². The number of hydrogen-bond donors (Lipinski definition) is 1. The summed E-state index contributed by atoms with van der Waals surface area (Å²) >= 11 is 12.4. The smallest absolute Gasteiger partial charge is 0.264 e. The van der Waals surface area contributed by atoms with E-state index in [4.69, 9.17) is 23.2 Å². The normalized spacial score (nSPS) is 14.6. The Morgan fingerprint density at radius 2 is 1.65 bits per heavy atom. The molecule has 1 aliphatic carbocycles. The van der Waals surface area contributed by atoms with Gasteiger partial charge in [-0.1, -0.05) is 85.3 Å². The van der Waals surface area contributed by atoms with E-state index in [1.807, 2.05) is 6.92 Å². The van der Waals surface area contributed by atoms with E-state index >= 15 is 4.39 Å². The van der Waals surface area contributed by atoms with Crippen LogP contribution >= 0.6 is 23.2 Å². The third-order valence-electron chi connectivity index (χ3n) is 7.68. The van der Waals surface area contributed by atoms with Crippen molar-refractivity contribution in [3.05, 3.63) is 93.7 Å². The minimum atomic E-state index is -4.38. The first-order chi connectivity index (χ1) is 20.5. The van der Waals surface area contributed by atoms with Gasteiger partial charge >= 0.3 is 0 Å². The number of aryl methyl sites for hydroxylation is 1. The van der Waals surface area contributed by atoms with Crippen molar-refractivity contribution in [2.24, 2.45) is 0 Å². The van der Waals surface area contributed by atoms with Crippen LogP contribution in [-0.2, 0) is 26.2 Å². The fourth-order valence-electron chi connectivity index (χ4n) is 5.30. The zero-order valence-corrected chi connectivity index (χ0v) is 26.6. The molecule has 0 aromatic heterocycles. The minimum Gasteiger partial charge on any atom is -0.352 e. The number of nitrogens with zero attached hydrogens (tertiary/aromatic N) is 2. The number of carbonyl (C=O) groups is 2. The van der Waals surface area contributed by atoms with E-state index in [1.54, 1.807) is 37.3 Å². The summed E-state index contributed by atoms with van der Waals surface area (Å²) in [6, 6.07) is 15.5. The number of para-hydroxylation sites is 1. The number of hydrogen-bond acceptors (Lipinski definition) is 4. The van der Waals surface area contributed by atoms with Crippen LogP contribution in [0.2, 0.25) is 10.0 Å². The molecule has 230 valence electrons. The number of carbonyl (C=O) groups excluding carboxylic acids is 2. The molecule has 0 heterocycles. The molecule has 2 amide bonds. The Labute approximate surface area is 263 Å². The molecule has 3 aromatic rings. The Kier molecular flexibility index (Phi) is 11.1. The number of benzene rings is 3. The second-order valence-electron chi connectivity index (χ2n) is 10.8. The molecular weight excluding hydrogens is 612 g/mol. The van der Waals surface area contributed by atoms with E-state index in [9.17, 15) is 18.0 Å². The van der Waals surface area contributed by atoms with Crippen molar-refractivity contribution >= 4 is 50.7 Å². The first-order valence-corrected chi connectivity index (χ1v) is 16.6. The van der Waals surface area contributed by atoms with Crippen molar-refractivity contribution in [3.63, 3.8) is 0 Å². The molecule has 0 bridgehead atoms. The number of sulfonamides is 1. The topological polar surface area (TPSA) is 86.8 Å². The fraction of sp³-hybridized carbons (Fsp3) is 0.375. The van der Waals surface area contributed by atoms with E-state index in [-0.39, 0.29) is 40.5 Å². The minimum absolute atomic E-state index is 0.00839. The third-order valence-corrected chi connectivity index (χ3v) is 10.2. The highest BCUT2D eigenvalue weighted by atomic mass is 35.5. The lowest BCUT2D eigenvalue weighted by Crippen LogP contribution is -2.54. The van der Waals surface area contributed by atoms with Crippen LogP contribution in [0.3, 0.4) is 0 Å². The van der Waals surface area contributed by atoms with Crippen LogP contribution in [0.1, 0.15) is 56.6 Å². The van der Waals surface area contributed by atoms with Crippen LogP contribution < -0.4 is 9.62 Å². The number of anilines is 1. The summed E-state index contributed by atoms with van der Waals surface area (Å²) < 4.78 is 43.7. The quantitative estimate of drug-likeness (QED) is 0.245. The summed E-state index contributed by atoms with van der Waals surface area (Å²) in [7, 11) is -4.38. The molecule has 0 saturated heterocycles. The molecule has 0 spiro atoms. The predicted octanol–water partition coefficient (Wildman–Crippen LogP) is 6.89. The largest absolute Gasteiger partial charge is 0.352 e. The van der Waals surface area contributed by atoms with Gasteiger partial charge in [0.25, 0.3) is 10.0 Å². The Morgan fingerprint density at radius 1 is 0.977 bits per heavy atom. The summed E-state index contributed by atoms with van der Waals surface area (Å²) in [5.41, 5.74) is 1.17. The van der Waals surface area contributed by atoms with Gasteiger partial charge in [-0.2, -0.15) is 0 Å². The van der Waals surface area contributed by atoms with Crippen LogP contribution in [0.15, 0.2) is 71.6 Å². The van der Waals surface area contributed by atoms with Gasteiger partial charge in [0.05, 0.1) is 20.6 Å².